The van der Waals surface area contributed by atoms with Crippen molar-refractivity contribution in [1.82, 2.24) is 9.47 Å². The molecule has 1 aromatic carbocycles. The zero-order valence-electron chi connectivity index (χ0n) is 11.1. The van der Waals surface area contributed by atoms with Crippen LogP contribution in [0.4, 0.5) is 5.69 Å². The van der Waals surface area contributed by atoms with Gasteiger partial charge >= 0.3 is 0 Å². The summed E-state index contributed by atoms with van der Waals surface area (Å²) in [5.41, 5.74) is 7.74. The molecule has 0 spiro atoms. The monoisotopic (exact) mass is 245 g/mol. The molecule has 0 saturated heterocycles. The van der Waals surface area contributed by atoms with Gasteiger partial charge in [-0.2, -0.15) is 0 Å². The fourth-order valence-electron chi connectivity index (χ4n) is 1.98. The predicted octanol–water partition coefficient (Wildman–Crippen LogP) is 1.45. The molecular formula is C14H19N3O. The molecule has 2 aromatic rings. The van der Waals surface area contributed by atoms with Crippen LogP contribution < -0.4 is 11.3 Å². The highest BCUT2D eigenvalue weighted by molar-refractivity contribution is 5.93. The van der Waals surface area contributed by atoms with Crippen molar-refractivity contribution in [2.24, 2.45) is 0 Å². The number of nitrogen functional groups attached to an aromatic ring is 1. The molecule has 0 unspecified atom stereocenters. The molecule has 0 amide bonds. The van der Waals surface area contributed by atoms with E-state index >= 15 is 0 Å². The third kappa shape index (κ3) is 2.24. The summed E-state index contributed by atoms with van der Waals surface area (Å²) in [5, 5.41) is 1.54. The SMILES string of the molecule is Cc1ccc2c(=O)n(CCN(C)C)ccc2c1N. The van der Waals surface area contributed by atoms with Crippen molar-refractivity contribution in [3.05, 3.63) is 40.3 Å². The number of hydrogen-bond acceptors (Lipinski definition) is 3. The fourth-order valence-corrected chi connectivity index (χ4v) is 1.98. The first-order chi connectivity index (χ1) is 8.50. The minimum Gasteiger partial charge on any atom is -0.398 e. The molecule has 2 rings (SSSR count). The number of rotatable bonds is 3. The highest BCUT2D eigenvalue weighted by Gasteiger charge is 2.06. The summed E-state index contributed by atoms with van der Waals surface area (Å²) >= 11 is 0. The first-order valence-corrected chi connectivity index (χ1v) is 6.03. The van der Waals surface area contributed by atoms with Crippen LogP contribution in [0, 0.1) is 6.92 Å². The van der Waals surface area contributed by atoms with Crippen molar-refractivity contribution in [2.75, 3.05) is 26.4 Å². The molecule has 0 radical (unpaired) electrons. The molecule has 0 fully saturated rings. The van der Waals surface area contributed by atoms with Crippen LogP contribution in [-0.4, -0.2) is 30.1 Å². The maximum Gasteiger partial charge on any atom is 0.258 e. The molecule has 0 atom stereocenters. The van der Waals surface area contributed by atoms with Crippen LogP contribution in [0.3, 0.4) is 0 Å². The van der Waals surface area contributed by atoms with E-state index in [-0.39, 0.29) is 5.56 Å². The third-order valence-electron chi connectivity index (χ3n) is 3.21. The van der Waals surface area contributed by atoms with Gasteiger partial charge in [0.05, 0.1) is 0 Å². The van der Waals surface area contributed by atoms with Crippen LogP contribution in [0.2, 0.25) is 0 Å². The van der Waals surface area contributed by atoms with Crippen LogP contribution in [0.1, 0.15) is 5.56 Å². The number of aromatic nitrogens is 1. The Labute approximate surface area is 107 Å². The molecule has 4 nitrogen and oxygen atoms in total. The maximum atomic E-state index is 12.3. The minimum atomic E-state index is 0.0288. The van der Waals surface area contributed by atoms with E-state index in [0.717, 1.165) is 17.5 Å². The molecular weight excluding hydrogens is 226 g/mol. The Morgan fingerprint density at radius 2 is 1.94 bits per heavy atom. The van der Waals surface area contributed by atoms with E-state index < -0.39 is 0 Å². The number of hydrogen-bond donors (Lipinski definition) is 1. The first-order valence-electron chi connectivity index (χ1n) is 6.03. The van der Waals surface area contributed by atoms with Crippen molar-refractivity contribution < 1.29 is 0 Å². The Hall–Kier alpha value is -1.81. The number of nitrogens with two attached hydrogens (primary N) is 1. The number of pyridine rings is 1. The lowest BCUT2D eigenvalue weighted by molar-refractivity contribution is 0.381. The first kappa shape index (κ1) is 12.6. The summed E-state index contributed by atoms with van der Waals surface area (Å²) in [4.78, 5) is 14.3. The molecule has 0 aliphatic rings. The third-order valence-corrected chi connectivity index (χ3v) is 3.21. The molecule has 0 saturated carbocycles. The van der Waals surface area contributed by atoms with Crippen molar-refractivity contribution in [2.45, 2.75) is 13.5 Å². The number of benzene rings is 1. The Bertz CT molecular complexity index is 629. The summed E-state index contributed by atoms with van der Waals surface area (Å²) in [6.07, 6.45) is 1.82. The van der Waals surface area contributed by atoms with Gasteiger partial charge in [-0.25, -0.2) is 0 Å². The van der Waals surface area contributed by atoms with E-state index in [2.05, 4.69) is 4.90 Å². The second kappa shape index (κ2) is 4.82. The lowest BCUT2D eigenvalue weighted by Crippen LogP contribution is -2.26. The van der Waals surface area contributed by atoms with Gasteiger partial charge in [-0.3, -0.25) is 4.79 Å². The second-order valence-electron chi connectivity index (χ2n) is 4.87. The van der Waals surface area contributed by atoms with Crippen LogP contribution >= 0.6 is 0 Å². The molecule has 96 valence electrons. The van der Waals surface area contributed by atoms with Crippen molar-refractivity contribution >= 4 is 16.5 Å². The number of anilines is 1. The minimum absolute atomic E-state index is 0.0288. The molecule has 0 bridgehead atoms. The van der Waals surface area contributed by atoms with Crippen LogP contribution in [0.5, 0.6) is 0 Å². The van der Waals surface area contributed by atoms with E-state index in [1.165, 1.54) is 0 Å². The molecule has 1 heterocycles. The van der Waals surface area contributed by atoms with Gasteiger partial charge in [-0.15, -0.1) is 0 Å². The summed E-state index contributed by atoms with van der Waals surface area (Å²) in [6.45, 7) is 3.48. The average Bonchev–Trinajstić information content (AvgIpc) is 2.33. The molecule has 0 aliphatic heterocycles. The van der Waals surface area contributed by atoms with Gasteiger partial charge in [0.1, 0.15) is 0 Å². The molecule has 1 aromatic heterocycles. The molecule has 0 aliphatic carbocycles. The Morgan fingerprint density at radius 3 is 2.61 bits per heavy atom. The van der Waals surface area contributed by atoms with Crippen LogP contribution in [0.15, 0.2) is 29.2 Å². The Kier molecular flexibility index (Phi) is 3.39. The van der Waals surface area contributed by atoms with E-state index in [0.29, 0.717) is 17.6 Å². The van der Waals surface area contributed by atoms with Gasteiger partial charge in [-0.1, -0.05) is 6.07 Å². The smallest absolute Gasteiger partial charge is 0.258 e. The van der Waals surface area contributed by atoms with Crippen molar-refractivity contribution in [3.8, 4) is 0 Å². The van der Waals surface area contributed by atoms with Gasteiger partial charge in [-0.05, 0) is 38.7 Å². The number of nitrogens with zero attached hydrogens (tertiary/aromatic N) is 2. The number of likely N-dealkylation sites (N-methyl/N-ethyl adjacent to an activating group) is 1. The van der Waals surface area contributed by atoms with Gasteiger partial charge in [0, 0.05) is 35.7 Å². The van der Waals surface area contributed by atoms with E-state index in [4.69, 9.17) is 5.73 Å². The maximum absolute atomic E-state index is 12.3. The van der Waals surface area contributed by atoms with Gasteiger partial charge in [0.15, 0.2) is 0 Å². The highest BCUT2D eigenvalue weighted by Crippen LogP contribution is 2.21. The second-order valence-corrected chi connectivity index (χ2v) is 4.87. The zero-order valence-corrected chi connectivity index (χ0v) is 11.1. The highest BCUT2D eigenvalue weighted by atomic mass is 16.1. The lowest BCUT2D eigenvalue weighted by atomic mass is 10.1. The average molecular weight is 245 g/mol. The Balaban J connectivity index is 2.52. The van der Waals surface area contributed by atoms with Crippen LogP contribution in [-0.2, 0) is 6.54 Å². The summed E-state index contributed by atoms with van der Waals surface area (Å²) in [7, 11) is 3.99. The normalized spacial score (nSPS) is 11.3. The predicted molar refractivity (Wildman–Crippen MR) is 75.9 cm³/mol. The largest absolute Gasteiger partial charge is 0.398 e. The fraction of sp³-hybridized carbons (Fsp3) is 0.357. The zero-order chi connectivity index (χ0) is 13.3. The lowest BCUT2D eigenvalue weighted by Gasteiger charge is -2.12. The molecule has 2 N–H and O–H groups in total. The summed E-state index contributed by atoms with van der Waals surface area (Å²) < 4.78 is 1.73. The quantitative estimate of drug-likeness (QED) is 0.833. The van der Waals surface area contributed by atoms with Gasteiger partial charge < -0.3 is 15.2 Å². The van der Waals surface area contributed by atoms with Crippen molar-refractivity contribution in [3.63, 3.8) is 0 Å². The number of aryl methyl sites for hydroxylation is 1. The topological polar surface area (TPSA) is 51.3 Å². The van der Waals surface area contributed by atoms with E-state index in [1.807, 2.05) is 45.4 Å². The van der Waals surface area contributed by atoms with Gasteiger partial charge in [0.25, 0.3) is 5.56 Å². The summed E-state index contributed by atoms with van der Waals surface area (Å²) in [6, 6.07) is 5.68. The Morgan fingerprint density at radius 1 is 1.22 bits per heavy atom. The van der Waals surface area contributed by atoms with Crippen LogP contribution in [0.25, 0.3) is 10.8 Å². The van der Waals surface area contributed by atoms with E-state index in [9.17, 15) is 4.79 Å². The van der Waals surface area contributed by atoms with Crippen molar-refractivity contribution in [1.29, 1.82) is 0 Å². The number of fused-ring (bicyclic) bond motifs is 1. The molecule has 18 heavy (non-hydrogen) atoms. The standard InChI is InChI=1S/C14H19N3O/c1-10-4-5-12-11(13(10)15)6-7-17(14(12)18)9-8-16(2)3/h4-7H,8-9,15H2,1-3H3. The van der Waals surface area contributed by atoms with Gasteiger partial charge in [0.2, 0.25) is 0 Å². The molecule has 4 heteroatoms. The summed E-state index contributed by atoms with van der Waals surface area (Å²) in [5.74, 6) is 0. The van der Waals surface area contributed by atoms with E-state index in [1.54, 1.807) is 4.57 Å².